The van der Waals surface area contributed by atoms with Gasteiger partial charge >= 0.3 is 0 Å². The monoisotopic (exact) mass is 279 g/mol. The minimum absolute atomic E-state index is 0.0773. The molecule has 20 heavy (non-hydrogen) atoms. The fraction of sp³-hybridized carbons (Fsp3) is 0.647. The van der Waals surface area contributed by atoms with Gasteiger partial charge < -0.3 is 14.8 Å². The van der Waals surface area contributed by atoms with E-state index in [-0.39, 0.29) is 12.3 Å². The zero-order chi connectivity index (χ0) is 15.0. The highest BCUT2D eigenvalue weighted by atomic mass is 16.7. The van der Waals surface area contributed by atoms with Crippen molar-refractivity contribution in [3.05, 3.63) is 34.9 Å². The van der Waals surface area contributed by atoms with Gasteiger partial charge in [-0.2, -0.15) is 0 Å². The van der Waals surface area contributed by atoms with Crippen LogP contribution in [0.1, 0.15) is 49.9 Å². The molecule has 114 valence electrons. The highest BCUT2D eigenvalue weighted by molar-refractivity contribution is 5.31. The van der Waals surface area contributed by atoms with Crippen molar-refractivity contribution in [3.8, 4) is 0 Å². The highest BCUT2D eigenvalue weighted by Gasteiger charge is 2.23. The Morgan fingerprint density at radius 3 is 1.95 bits per heavy atom. The lowest BCUT2D eigenvalue weighted by molar-refractivity contribution is -0.155. The lowest BCUT2D eigenvalue weighted by Gasteiger charge is -2.28. The molecule has 0 saturated heterocycles. The van der Waals surface area contributed by atoms with Crippen LogP contribution < -0.4 is 5.32 Å². The molecule has 3 heteroatoms. The molecule has 1 aromatic carbocycles. The summed E-state index contributed by atoms with van der Waals surface area (Å²) in [7, 11) is 0. The Hall–Kier alpha value is -0.900. The third-order valence-electron chi connectivity index (χ3n) is 3.15. The maximum absolute atomic E-state index is 5.79. The second kappa shape index (κ2) is 9.11. The number of hydrogen-bond acceptors (Lipinski definition) is 3. The maximum atomic E-state index is 5.79. The van der Waals surface area contributed by atoms with Crippen LogP contribution in [0.2, 0.25) is 0 Å². The Morgan fingerprint density at radius 1 is 0.950 bits per heavy atom. The lowest BCUT2D eigenvalue weighted by Crippen LogP contribution is -2.36. The molecule has 0 aliphatic heterocycles. The molecule has 0 saturated carbocycles. The molecule has 0 heterocycles. The Labute approximate surface area is 123 Å². The number of nitrogens with one attached hydrogen (secondary N) is 1. The van der Waals surface area contributed by atoms with Crippen LogP contribution in [-0.2, 0) is 9.47 Å². The van der Waals surface area contributed by atoms with Gasteiger partial charge in [-0.15, -0.1) is 0 Å². The average Bonchev–Trinajstić information content (AvgIpc) is 2.38. The standard InChI is InChI=1S/C17H29NO2/c1-6-9-18-16(17(19-7-2)20-8-3)15-11-13(4)10-14(5)12-15/h10-12,16-18H,6-9H2,1-5H3. The topological polar surface area (TPSA) is 30.5 Å². The SMILES string of the molecule is CCCNC(c1cc(C)cc(C)c1)C(OCC)OCC. The molecular formula is C17H29NO2. The third kappa shape index (κ3) is 5.23. The summed E-state index contributed by atoms with van der Waals surface area (Å²) in [5.74, 6) is 0. The predicted octanol–water partition coefficient (Wildman–Crippen LogP) is 3.74. The molecule has 1 N–H and O–H groups in total. The molecule has 0 aliphatic rings. The Bertz CT molecular complexity index is 366. The Balaban J connectivity index is 3.01. The lowest BCUT2D eigenvalue weighted by atomic mass is 10.0. The molecular weight excluding hydrogens is 250 g/mol. The molecule has 1 aromatic rings. The van der Waals surface area contributed by atoms with Crippen molar-refractivity contribution >= 4 is 0 Å². The van der Waals surface area contributed by atoms with Gasteiger partial charge in [0.2, 0.25) is 0 Å². The van der Waals surface area contributed by atoms with Gasteiger partial charge in [0.15, 0.2) is 6.29 Å². The van der Waals surface area contributed by atoms with Crippen molar-refractivity contribution in [2.24, 2.45) is 0 Å². The first-order chi connectivity index (χ1) is 9.62. The van der Waals surface area contributed by atoms with Gasteiger partial charge in [0, 0.05) is 13.2 Å². The number of aryl methyl sites for hydroxylation is 2. The van der Waals surface area contributed by atoms with Crippen molar-refractivity contribution in [1.29, 1.82) is 0 Å². The van der Waals surface area contributed by atoms with E-state index in [1.54, 1.807) is 0 Å². The molecule has 0 fully saturated rings. The van der Waals surface area contributed by atoms with Crippen LogP contribution in [0.3, 0.4) is 0 Å². The summed E-state index contributed by atoms with van der Waals surface area (Å²) in [6.07, 6.45) is 0.851. The van der Waals surface area contributed by atoms with E-state index in [0.29, 0.717) is 13.2 Å². The summed E-state index contributed by atoms with van der Waals surface area (Å²) >= 11 is 0. The second-order valence-electron chi connectivity index (χ2n) is 5.13. The number of benzene rings is 1. The van der Waals surface area contributed by atoms with Gasteiger partial charge in [0.05, 0.1) is 6.04 Å². The zero-order valence-corrected chi connectivity index (χ0v) is 13.5. The van der Waals surface area contributed by atoms with Crippen LogP contribution in [-0.4, -0.2) is 26.0 Å². The quantitative estimate of drug-likeness (QED) is 0.698. The van der Waals surface area contributed by atoms with Crippen molar-refractivity contribution in [2.75, 3.05) is 19.8 Å². The largest absolute Gasteiger partial charge is 0.351 e. The van der Waals surface area contributed by atoms with E-state index < -0.39 is 0 Å². The van der Waals surface area contributed by atoms with Gasteiger partial charge in [0.25, 0.3) is 0 Å². The van der Waals surface area contributed by atoms with Crippen molar-refractivity contribution < 1.29 is 9.47 Å². The van der Waals surface area contributed by atoms with Crippen LogP contribution in [0.4, 0.5) is 0 Å². The highest BCUT2D eigenvalue weighted by Crippen LogP contribution is 2.23. The molecule has 0 aromatic heterocycles. The molecule has 1 unspecified atom stereocenters. The summed E-state index contributed by atoms with van der Waals surface area (Å²) in [4.78, 5) is 0. The average molecular weight is 279 g/mol. The van der Waals surface area contributed by atoms with Crippen LogP contribution in [0, 0.1) is 13.8 Å². The molecule has 3 nitrogen and oxygen atoms in total. The van der Waals surface area contributed by atoms with E-state index in [4.69, 9.17) is 9.47 Å². The molecule has 1 atom stereocenters. The van der Waals surface area contributed by atoms with E-state index in [2.05, 4.69) is 44.3 Å². The van der Waals surface area contributed by atoms with Crippen LogP contribution in [0.5, 0.6) is 0 Å². The van der Waals surface area contributed by atoms with Crippen LogP contribution in [0.15, 0.2) is 18.2 Å². The Kier molecular flexibility index (Phi) is 7.82. The fourth-order valence-corrected chi connectivity index (χ4v) is 2.43. The maximum Gasteiger partial charge on any atom is 0.176 e. The van der Waals surface area contributed by atoms with Crippen LogP contribution in [0.25, 0.3) is 0 Å². The van der Waals surface area contributed by atoms with E-state index in [1.807, 2.05) is 13.8 Å². The van der Waals surface area contributed by atoms with E-state index >= 15 is 0 Å². The van der Waals surface area contributed by atoms with E-state index in [9.17, 15) is 0 Å². The number of hydrogen-bond donors (Lipinski definition) is 1. The fourth-order valence-electron chi connectivity index (χ4n) is 2.43. The first-order valence-corrected chi connectivity index (χ1v) is 7.67. The normalized spacial score (nSPS) is 12.9. The van der Waals surface area contributed by atoms with E-state index in [1.165, 1.54) is 16.7 Å². The van der Waals surface area contributed by atoms with Crippen LogP contribution >= 0.6 is 0 Å². The van der Waals surface area contributed by atoms with Crippen molar-refractivity contribution in [1.82, 2.24) is 5.32 Å². The summed E-state index contributed by atoms with van der Waals surface area (Å²) in [6, 6.07) is 6.70. The third-order valence-corrected chi connectivity index (χ3v) is 3.15. The zero-order valence-electron chi connectivity index (χ0n) is 13.5. The number of ether oxygens (including phenoxy) is 2. The predicted molar refractivity (Wildman–Crippen MR) is 84.0 cm³/mol. The minimum Gasteiger partial charge on any atom is -0.351 e. The van der Waals surface area contributed by atoms with E-state index in [0.717, 1.165) is 13.0 Å². The summed E-state index contributed by atoms with van der Waals surface area (Å²) in [6.45, 7) is 12.7. The van der Waals surface area contributed by atoms with Gasteiger partial charge in [-0.25, -0.2) is 0 Å². The molecule has 0 radical (unpaired) electrons. The summed E-state index contributed by atoms with van der Waals surface area (Å²) in [5, 5.41) is 3.56. The summed E-state index contributed by atoms with van der Waals surface area (Å²) in [5.41, 5.74) is 3.79. The first kappa shape index (κ1) is 17.2. The van der Waals surface area contributed by atoms with Gasteiger partial charge in [0.1, 0.15) is 0 Å². The van der Waals surface area contributed by atoms with Gasteiger partial charge in [-0.1, -0.05) is 36.2 Å². The molecule has 0 bridgehead atoms. The molecule has 0 amide bonds. The first-order valence-electron chi connectivity index (χ1n) is 7.67. The molecule has 1 rings (SSSR count). The van der Waals surface area contributed by atoms with Gasteiger partial charge in [-0.3, -0.25) is 0 Å². The summed E-state index contributed by atoms with van der Waals surface area (Å²) < 4.78 is 11.6. The van der Waals surface area contributed by atoms with Gasteiger partial charge in [-0.05, 0) is 46.2 Å². The molecule has 0 aliphatic carbocycles. The molecule has 0 spiro atoms. The second-order valence-corrected chi connectivity index (χ2v) is 5.13. The Morgan fingerprint density at radius 2 is 1.50 bits per heavy atom. The van der Waals surface area contributed by atoms with Crippen molar-refractivity contribution in [3.63, 3.8) is 0 Å². The smallest absolute Gasteiger partial charge is 0.176 e. The number of rotatable bonds is 9. The minimum atomic E-state index is -0.238. The van der Waals surface area contributed by atoms with Crippen molar-refractivity contribution in [2.45, 2.75) is 53.4 Å².